The minimum atomic E-state index is -0.608. The summed E-state index contributed by atoms with van der Waals surface area (Å²) < 4.78 is 18.3. The lowest BCUT2D eigenvalue weighted by Crippen LogP contribution is -2.27. The Hall–Kier alpha value is -1.39. The highest BCUT2D eigenvalue weighted by Gasteiger charge is 2.12. The summed E-state index contributed by atoms with van der Waals surface area (Å²) in [6, 6.07) is 4.11. The summed E-state index contributed by atoms with van der Waals surface area (Å²) in [6.07, 6.45) is 0. The molecule has 1 N–H and O–H groups in total. The molecule has 0 radical (unpaired) electrons. The fourth-order valence-corrected chi connectivity index (χ4v) is 1.47. The van der Waals surface area contributed by atoms with Crippen LogP contribution in [0.15, 0.2) is 30.4 Å². The van der Waals surface area contributed by atoms with Gasteiger partial charge in [-0.1, -0.05) is 29.8 Å². The zero-order valence-electron chi connectivity index (χ0n) is 10.1. The highest BCUT2D eigenvalue weighted by atomic mass is 35.5. The maximum atomic E-state index is 13.1. The Labute approximate surface area is 111 Å². The lowest BCUT2D eigenvalue weighted by atomic mass is 10.2. The number of rotatable bonds is 6. The number of hydrogen-bond acceptors (Lipinski definition) is 2. The zero-order valence-corrected chi connectivity index (χ0v) is 10.9. The van der Waals surface area contributed by atoms with E-state index in [4.69, 9.17) is 16.3 Å². The highest BCUT2D eigenvalue weighted by molar-refractivity contribution is 6.34. The molecule has 0 saturated carbocycles. The second kappa shape index (κ2) is 7.13. The van der Waals surface area contributed by atoms with E-state index >= 15 is 0 Å². The Bertz CT molecular complexity index is 449. The summed E-state index contributed by atoms with van der Waals surface area (Å²) >= 11 is 5.69. The quantitative estimate of drug-likeness (QED) is 0.638. The molecule has 98 valence electrons. The molecular formula is C13H15ClFNO2. The predicted molar refractivity (Wildman–Crippen MR) is 69.4 cm³/mol. The van der Waals surface area contributed by atoms with Gasteiger partial charge in [0, 0.05) is 6.54 Å². The average molecular weight is 272 g/mol. The Kier molecular flexibility index (Phi) is 5.82. The van der Waals surface area contributed by atoms with Crippen LogP contribution in [-0.4, -0.2) is 25.7 Å². The maximum Gasteiger partial charge on any atom is 0.252 e. The molecule has 0 saturated heterocycles. The van der Waals surface area contributed by atoms with Gasteiger partial charge in [0.25, 0.3) is 5.91 Å². The number of hydrogen-bond donors (Lipinski definition) is 1. The van der Waals surface area contributed by atoms with E-state index in [0.717, 1.165) is 5.57 Å². The molecule has 1 aromatic rings. The molecule has 0 atom stereocenters. The van der Waals surface area contributed by atoms with Gasteiger partial charge in [-0.15, -0.1) is 0 Å². The molecule has 0 fully saturated rings. The molecule has 0 aliphatic rings. The van der Waals surface area contributed by atoms with Crippen LogP contribution in [0, 0.1) is 5.82 Å². The van der Waals surface area contributed by atoms with Gasteiger partial charge in [-0.05, 0) is 19.1 Å². The van der Waals surface area contributed by atoms with Crippen molar-refractivity contribution in [3.05, 3.63) is 46.8 Å². The molecule has 0 spiro atoms. The van der Waals surface area contributed by atoms with Gasteiger partial charge in [0.05, 0.1) is 23.8 Å². The molecule has 0 aliphatic carbocycles. The van der Waals surface area contributed by atoms with Crippen LogP contribution in [-0.2, 0) is 4.74 Å². The van der Waals surface area contributed by atoms with E-state index in [1.165, 1.54) is 18.2 Å². The SMILES string of the molecule is C=C(C)COCCNC(=O)c1cccc(F)c1Cl. The van der Waals surface area contributed by atoms with Crippen molar-refractivity contribution in [2.75, 3.05) is 19.8 Å². The van der Waals surface area contributed by atoms with Crippen molar-refractivity contribution in [1.82, 2.24) is 5.32 Å². The topological polar surface area (TPSA) is 38.3 Å². The number of nitrogens with one attached hydrogen (secondary N) is 1. The molecular weight excluding hydrogens is 257 g/mol. The fourth-order valence-electron chi connectivity index (χ4n) is 1.26. The average Bonchev–Trinajstić information content (AvgIpc) is 2.31. The van der Waals surface area contributed by atoms with E-state index in [2.05, 4.69) is 11.9 Å². The number of carbonyl (C=O) groups excluding carboxylic acids is 1. The first-order valence-corrected chi connectivity index (χ1v) is 5.84. The molecule has 1 rings (SSSR count). The first kappa shape index (κ1) is 14.7. The summed E-state index contributed by atoms with van der Waals surface area (Å²) in [4.78, 5) is 11.7. The van der Waals surface area contributed by atoms with E-state index in [0.29, 0.717) is 19.8 Å². The zero-order chi connectivity index (χ0) is 13.5. The minimum Gasteiger partial charge on any atom is -0.375 e. The molecule has 0 bridgehead atoms. The van der Waals surface area contributed by atoms with E-state index in [-0.39, 0.29) is 10.6 Å². The van der Waals surface area contributed by atoms with Gasteiger partial charge in [0.2, 0.25) is 0 Å². The molecule has 0 aromatic heterocycles. The van der Waals surface area contributed by atoms with E-state index in [1.54, 1.807) is 0 Å². The van der Waals surface area contributed by atoms with E-state index in [9.17, 15) is 9.18 Å². The fraction of sp³-hybridized carbons (Fsp3) is 0.308. The lowest BCUT2D eigenvalue weighted by molar-refractivity contribution is 0.0926. The summed E-state index contributed by atoms with van der Waals surface area (Å²) in [6.45, 7) is 6.69. The second-order valence-corrected chi connectivity index (χ2v) is 4.24. The van der Waals surface area contributed by atoms with Crippen molar-refractivity contribution in [3.8, 4) is 0 Å². The smallest absolute Gasteiger partial charge is 0.252 e. The number of carbonyl (C=O) groups is 1. The lowest BCUT2D eigenvalue weighted by Gasteiger charge is -2.07. The van der Waals surface area contributed by atoms with Gasteiger partial charge in [-0.3, -0.25) is 4.79 Å². The molecule has 0 heterocycles. The second-order valence-electron chi connectivity index (χ2n) is 3.87. The minimum absolute atomic E-state index is 0.122. The third-order valence-electron chi connectivity index (χ3n) is 2.08. The molecule has 0 aliphatic heterocycles. The van der Waals surface area contributed by atoms with Crippen LogP contribution in [0.25, 0.3) is 0 Å². The van der Waals surface area contributed by atoms with Crippen LogP contribution < -0.4 is 5.32 Å². The largest absolute Gasteiger partial charge is 0.375 e. The van der Waals surface area contributed by atoms with Gasteiger partial charge in [0.15, 0.2) is 0 Å². The highest BCUT2D eigenvalue weighted by Crippen LogP contribution is 2.19. The molecule has 1 aromatic carbocycles. The van der Waals surface area contributed by atoms with Crippen LogP contribution in [0.1, 0.15) is 17.3 Å². The third-order valence-corrected chi connectivity index (χ3v) is 2.46. The number of ether oxygens (including phenoxy) is 1. The molecule has 5 heteroatoms. The van der Waals surface area contributed by atoms with Gasteiger partial charge in [0.1, 0.15) is 5.82 Å². The third kappa shape index (κ3) is 4.47. The molecule has 18 heavy (non-hydrogen) atoms. The van der Waals surface area contributed by atoms with Crippen molar-refractivity contribution in [3.63, 3.8) is 0 Å². The summed E-state index contributed by atoms with van der Waals surface area (Å²) in [5.74, 6) is -1.03. The summed E-state index contributed by atoms with van der Waals surface area (Å²) in [5.41, 5.74) is 1.03. The van der Waals surface area contributed by atoms with Crippen molar-refractivity contribution >= 4 is 17.5 Å². The Balaban J connectivity index is 2.41. The number of amides is 1. The van der Waals surface area contributed by atoms with Crippen LogP contribution in [0.5, 0.6) is 0 Å². The molecule has 0 unspecified atom stereocenters. The van der Waals surface area contributed by atoms with Gasteiger partial charge < -0.3 is 10.1 Å². The standard InChI is InChI=1S/C13H15ClFNO2/c1-9(2)8-18-7-6-16-13(17)10-4-3-5-11(15)12(10)14/h3-5H,1,6-8H2,2H3,(H,16,17). The monoisotopic (exact) mass is 271 g/mol. The van der Waals surface area contributed by atoms with Gasteiger partial charge in [-0.2, -0.15) is 0 Å². The van der Waals surface area contributed by atoms with Crippen LogP contribution >= 0.6 is 11.6 Å². The first-order chi connectivity index (χ1) is 8.52. The Morgan fingerprint density at radius 2 is 2.28 bits per heavy atom. The van der Waals surface area contributed by atoms with E-state index in [1.807, 2.05) is 6.92 Å². The number of halogens is 2. The van der Waals surface area contributed by atoms with Crippen LogP contribution in [0.4, 0.5) is 4.39 Å². The number of benzene rings is 1. The normalized spacial score (nSPS) is 10.2. The van der Waals surface area contributed by atoms with Crippen molar-refractivity contribution in [1.29, 1.82) is 0 Å². The summed E-state index contributed by atoms with van der Waals surface area (Å²) in [5, 5.41) is 2.43. The van der Waals surface area contributed by atoms with Crippen molar-refractivity contribution in [2.24, 2.45) is 0 Å². The predicted octanol–water partition coefficient (Wildman–Crippen LogP) is 2.80. The van der Waals surface area contributed by atoms with Crippen molar-refractivity contribution in [2.45, 2.75) is 6.92 Å². The Morgan fingerprint density at radius 3 is 2.94 bits per heavy atom. The first-order valence-electron chi connectivity index (χ1n) is 5.46. The van der Waals surface area contributed by atoms with Gasteiger partial charge >= 0.3 is 0 Å². The van der Waals surface area contributed by atoms with Crippen LogP contribution in [0.2, 0.25) is 5.02 Å². The van der Waals surface area contributed by atoms with Gasteiger partial charge in [-0.25, -0.2) is 4.39 Å². The Morgan fingerprint density at radius 1 is 1.56 bits per heavy atom. The van der Waals surface area contributed by atoms with Crippen LogP contribution in [0.3, 0.4) is 0 Å². The maximum absolute atomic E-state index is 13.1. The summed E-state index contributed by atoms with van der Waals surface area (Å²) in [7, 11) is 0. The molecule has 1 amide bonds. The van der Waals surface area contributed by atoms with Crippen molar-refractivity contribution < 1.29 is 13.9 Å². The molecule has 3 nitrogen and oxygen atoms in total. The van der Waals surface area contributed by atoms with E-state index < -0.39 is 11.7 Å².